The molecule has 3 aromatic rings. The quantitative estimate of drug-likeness (QED) is 0.445. The molecule has 31 heavy (non-hydrogen) atoms. The number of ether oxygens (including phenoxy) is 1. The highest BCUT2D eigenvalue weighted by atomic mass is 32.2. The summed E-state index contributed by atoms with van der Waals surface area (Å²) in [4.78, 5) is 6.46. The monoisotopic (exact) mass is 444 g/mol. The van der Waals surface area contributed by atoms with Crippen LogP contribution in [-0.4, -0.2) is 29.2 Å². The first kappa shape index (κ1) is 21.7. The Kier molecular flexibility index (Phi) is 6.83. The molecule has 7 heteroatoms. The summed E-state index contributed by atoms with van der Waals surface area (Å²) in [5.41, 5.74) is 4.93. The van der Waals surface area contributed by atoms with E-state index in [-0.39, 0.29) is 11.3 Å². The third-order valence-electron chi connectivity index (χ3n) is 5.14. The van der Waals surface area contributed by atoms with Crippen LogP contribution in [0.3, 0.4) is 0 Å². The molecule has 1 atom stereocenters. The van der Waals surface area contributed by atoms with Crippen molar-refractivity contribution < 1.29 is 17.9 Å². The lowest BCUT2D eigenvalue weighted by Crippen LogP contribution is -2.33. The molecule has 0 aliphatic carbocycles. The van der Waals surface area contributed by atoms with Gasteiger partial charge >= 0.3 is 6.18 Å². The number of thioether (sulfide) groups is 1. The molecule has 1 aromatic heterocycles. The number of benzene rings is 2. The van der Waals surface area contributed by atoms with Crippen LogP contribution in [0.1, 0.15) is 27.6 Å². The summed E-state index contributed by atoms with van der Waals surface area (Å²) in [6.07, 6.45) is -1.80. The predicted octanol–water partition coefficient (Wildman–Crippen LogP) is 6.01. The summed E-state index contributed by atoms with van der Waals surface area (Å²) in [5.74, 6) is 0.888. The van der Waals surface area contributed by atoms with Gasteiger partial charge in [0.15, 0.2) is 6.61 Å². The number of hydrogen-bond donors (Lipinski definition) is 0. The first-order valence-corrected chi connectivity index (χ1v) is 11.1. The Bertz CT molecular complexity index is 980. The normalized spacial score (nSPS) is 16.7. The van der Waals surface area contributed by atoms with Gasteiger partial charge in [0, 0.05) is 31.1 Å². The van der Waals surface area contributed by atoms with Gasteiger partial charge in [-0.05, 0) is 28.7 Å². The van der Waals surface area contributed by atoms with E-state index >= 15 is 0 Å². The van der Waals surface area contributed by atoms with Crippen LogP contribution in [0.4, 0.5) is 13.2 Å². The molecule has 0 spiro atoms. The first-order chi connectivity index (χ1) is 15.0. The molecule has 1 aliphatic heterocycles. The Labute approximate surface area is 184 Å². The second-order valence-electron chi connectivity index (χ2n) is 7.48. The summed E-state index contributed by atoms with van der Waals surface area (Å²) in [5, 5.41) is 0.200. The van der Waals surface area contributed by atoms with Crippen molar-refractivity contribution in [1.29, 1.82) is 0 Å². The molecule has 162 valence electrons. The number of nitrogens with zero attached hydrogens (tertiary/aromatic N) is 2. The van der Waals surface area contributed by atoms with Gasteiger partial charge in [-0.3, -0.25) is 4.90 Å². The van der Waals surface area contributed by atoms with Crippen LogP contribution < -0.4 is 4.74 Å². The van der Waals surface area contributed by atoms with Crippen molar-refractivity contribution in [1.82, 2.24) is 9.88 Å². The van der Waals surface area contributed by atoms with Gasteiger partial charge in [0.2, 0.25) is 5.88 Å². The largest absolute Gasteiger partial charge is 0.468 e. The maximum Gasteiger partial charge on any atom is 0.422 e. The van der Waals surface area contributed by atoms with Crippen LogP contribution >= 0.6 is 11.8 Å². The van der Waals surface area contributed by atoms with Crippen molar-refractivity contribution in [2.24, 2.45) is 0 Å². The maximum absolute atomic E-state index is 12.3. The van der Waals surface area contributed by atoms with Crippen molar-refractivity contribution in [3.8, 4) is 5.88 Å². The van der Waals surface area contributed by atoms with Gasteiger partial charge < -0.3 is 4.74 Å². The molecular formula is C24H23F3N2OS. The molecule has 1 aliphatic rings. The number of aromatic nitrogens is 1. The van der Waals surface area contributed by atoms with E-state index in [1.54, 1.807) is 12.3 Å². The minimum atomic E-state index is -4.37. The third kappa shape index (κ3) is 6.02. The smallest absolute Gasteiger partial charge is 0.422 e. The van der Waals surface area contributed by atoms with Crippen molar-refractivity contribution in [3.63, 3.8) is 0 Å². The fourth-order valence-corrected chi connectivity index (χ4v) is 5.01. The summed E-state index contributed by atoms with van der Waals surface area (Å²) < 4.78 is 41.7. The van der Waals surface area contributed by atoms with Crippen molar-refractivity contribution in [3.05, 3.63) is 95.2 Å². The van der Waals surface area contributed by atoms with E-state index in [0.717, 1.165) is 24.3 Å². The highest BCUT2D eigenvalue weighted by Crippen LogP contribution is 2.40. The van der Waals surface area contributed by atoms with Crippen molar-refractivity contribution >= 4 is 11.8 Å². The summed E-state index contributed by atoms with van der Waals surface area (Å²) in [6, 6.07) is 22.2. The van der Waals surface area contributed by atoms with E-state index < -0.39 is 12.8 Å². The Morgan fingerprint density at radius 2 is 1.74 bits per heavy atom. The number of halogens is 3. The zero-order chi connectivity index (χ0) is 21.7. The molecular weight excluding hydrogens is 421 g/mol. The summed E-state index contributed by atoms with van der Waals surface area (Å²) in [6.45, 7) is 0.254. The van der Waals surface area contributed by atoms with Gasteiger partial charge in [-0.15, -0.1) is 11.8 Å². The minimum Gasteiger partial charge on any atom is -0.468 e. The van der Waals surface area contributed by atoms with Crippen molar-refractivity contribution in [2.45, 2.75) is 30.3 Å². The zero-order valence-corrected chi connectivity index (χ0v) is 17.7. The van der Waals surface area contributed by atoms with Gasteiger partial charge in [0.05, 0.1) is 5.37 Å². The highest BCUT2D eigenvalue weighted by Gasteiger charge is 2.29. The lowest BCUT2D eigenvalue weighted by Gasteiger charge is -2.37. The van der Waals surface area contributed by atoms with E-state index in [1.807, 2.05) is 17.8 Å². The average Bonchev–Trinajstić information content (AvgIpc) is 2.78. The second kappa shape index (κ2) is 9.75. The van der Waals surface area contributed by atoms with E-state index in [0.29, 0.717) is 6.54 Å². The Hall–Kier alpha value is -2.51. The van der Waals surface area contributed by atoms with E-state index in [1.165, 1.54) is 22.8 Å². The zero-order valence-electron chi connectivity index (χ0n) is 16.9. The number of pyridine rings is 1. The fraction of sp³-hybridized carbons (Fsp3) is 0.292. The second-order valence-corrected chi connectivity index (χ2v) is 8.55. The number of hydrogen-bond acceptors (Lipinski definition) is 4. The standard InChI is InChI=1S/C24H23F3N2OS/c25-24(26,27)17-30-22-11-10-19(14-28-22)15-29-13-12-20-8-4-5-9-21(20)23(29)31-16-18-6-2-1-3-7-18/h1-11,14,23H,12-13,15-17H2. The molecule has 0 radical (unpaired) electrons. The molecule has 0 fully saturated rings. The number of alkyl halides is 3. The minimum absolute atomic E-state index is 0.0138. The van der Waals surface area contributed by atoms with Crippen LogP contribution in [0.15, 0.2) is 72.9 Å². The predicted molar refractivity (Wildman–Crippen MR) is 117 cm³/mol. The molecule has 2 heterocycles. The maximum atomic E-state index is 12.3. The van der Waals surface area contributed by atoms with Crippen LogP contribution in [0, 0.1) is 0 Å². The van der Waals surface area contributed by atoms with Crippen LogP contribution in [0.5, 0.6) is 5.88 Å². The summed E-state index contributed by atoms with van der Waals surface area (Å²) >= 11 is 1.89. The van der Waals surface area contributed by atoms with Crippen LogP contribution in [-0.2, 0) is 18.7 Å². The fourth-order valence-electron chi connectivity index (χ4n) is 3.67. The molecule has 0 bridgehead atoms. The lowest BCUT2D eigenvalue weighted by atomic mass is 9.99. The number of rotatable bonds is 7. The highest BCUT2D eigenvalue weighted by molar-refractivity contribution is 7.98. The molecule has 4 rings (SSSR count). The molecule has 2 aromatic carbocycles. The summed E-state index contributed by atoms with van der Waals surface area (Å²) in [7, 11) is 0. The molecule has 0 amide bonds. The molecule has 0 N–H and O–H groups in total. The van der Waals surface area contributed by atoms with E-state index in [4.69, 9.17) is 4.74 Å². The van der Waals surface area contributed by atoms with Gasteiger partial charge in [-0.25, -0.2) is 4.98 Å². The van der Waals surface area contributed by atoms with Gasteiger partial charge in [0.25, 0.3) is 0 Å². The van der Waals surface area contributed by atoms with E-state index in [2.05, 4.69) is 58.4 Å². The molecule has 0 saturated heterocycles. The first-order valence-electron chi connectivity index (χ1n) is 10.1. The topological polar surface area (TPSA) is 25.4 Å². The van der Waals surface area contributed by atoms with Crippen molar-refractivity contribution in [2.75, 3.05) is 13.2 Å². The lowest BCUT2D eigenvalue weighted by molar-refractivity contribution is -0.154. The molecule has 0 saturated carbocycles. The number of fused-ring (bicyclic) bond motifs is 1. The average molecular weight is 445 g/mol. The Balaban J connectivity index is 1.46. The van der Waals surface area contributed by atoms with Gasteiger partial charge in [0.1, 0.15) is 0 Å². The Morgan fingerprint density at radius 3 is 2.48 bits per heavy atom. The van der Waals surface area contributed by atoms with E-state index in [9.17, 15) is 13.2 Å². The van der Waals surface area contributed by atoms with Crippen LogP contribution in [0.25, 0.3) is 0 Å². The van der Waals surface area contributed by atoms with Gasteiger partial charge in [-0.1, -0.05) is 60.7 Å². The van der Waals surface area contributed by atoms with Crippen LogP contribution in [0.2, 0.25) is 0 Å². The third-order valence-corrected chi connectivity index (χ3v) is 6.51. The Morgan fingerprint density at radius 1 is 0.968 bits per heavy atom. The SMILES string of the molecule is FC(F)(F)COc1ccc(CN2CCc3ccccc3C2SCc2ccccc2)cn1. The molecule has 1 unspecified atom stereocenters. The molecule has 3 nitrogen and oxygen atoms in total. The van der Waals surface area contributed by atoms with Gasteiger partial charge in [-0.2, -0.15) is 13.2 Å².